The standard InChI is InChI=1S/C13H21NOS/c1-10-12(7-8-15-10)13(14-2)6-5-11-4-3-9-16-11/h3-4,9-10,12-14H,5-8H2,1-2H3. The Morgan fingerprint density at radius 2 is 2.50 bits per heavy atom. The van der Waals surface area contributed by atoms with Gasteiger partial charge in [-0.05, 0) is 44.7 Å². The molecule has 3 atom stereocenters. The normalized spacial score (nSPS) is 27.1. The summed E-state index contributed by atoms with van der Waals surface area (Å²) in [6, 6.07) is 4.96. The lowest BCUT2D eigenvalue weighted by molar-refractivity contribution is 0.0953. The van der Waals surface area contributed by atoms with Gasteiger partial charge in [0.15, 0.2) is 0 Å². The molecular formula is C13H21NOS. The number of nitrogens with one attached hydrogen (secondary N) is 1. The van der Waals surface area contributed by atoms with Crippen molar-refractivity contribution in [1.82, 2.24) is 5.32 Å². The van der Waals surface area contributed by atoms with Crippen LogP contribution in [0.4, 0.5) is 0 Å². The van der Waals surface area contributed by atoms with Gasteiger partial charge in [-0.15, -0.1) is 11.3 Å². The van der Waals surface area contributed by atoms with Crippen molar-refractivity contribution in [2.45, 2.75) is 38.3 Å². The maximum Gasteiger partial charge on any atom is 0.0590 e. The highest BCUT2D eigenvalue weighted by Crippen LogP contribution is 2.26. The first-order valence-corrected chi connectivity index (χ1v) is 7.00. The van der Waals surface area contributed by atoms with Crippen LogP contribution >= 0.6 is 11.3 Å². The molecule has 1 fully saturated rings. The van der Waals surface area contributed by atoms with Crippen molar-refractivity contribution in [1.29, 1.82) is 0 Å². The van der Waals surface area contributed by atoms with Gasteiger partial charge in [0.05, 0.1) is 6.10 Å². The van der Waals surface area contributed by atoms with Crippen molar-refractivity contribution in [3.63, 3.8) is 0 Å². The Hall–Kier alpha value is -0.380. The summed E-state index contributed by atoms with van der Waals surface area (Å²) < 4.78 is 5.65. The summed E-state index contributed by atoms with van der Waals surface area (Å²) in [5.74, 6) is 0.685. The van der Waals surface area contributed by atoms with E-state index in [1.54, 1.807) is 0 Å². The van der Waals surface area contributed by atoms with E-state index in [9.17, 15) is 0 Å². The Morgan fingerprint density at radius 1 is 1.62 bits per heavy atom. The minimum Gasteiger partial charge on any atom is -0.378 e. The molecule has 0 bridgehead atoms. The highest BCUT2D eigenvalue weighted by Gasteiger charge is 2.30. The molecule has 1 aromatic heterocycles. The average molecular weight is 239 g/mol. The fourth-order valence-electron chi connectivity index (χ4n) is 2.60. The quantitative estimate of drug-likeness (QED) is 0.853. The molecule has 3 heteroatoms. The van der Waals surface area contributed by atoms with Gasteiger partial charge >= 0.3 is 0 Å². The molecule has 0 radical (unpaired) electrons. The Balaban J connectivity index is 1.85. The molecule has 0 aliphatic carbocycles. The molecule has 0 saturated carbocycles. The van der Waals surface area contributed by atoms with Crippen molar-refractivity contribution in [3.05, 3.63) is 22.4 Å². The van der Waals surface area contributed by atoms with E-state index < -0.39 is 0 Å². The number of aryl methyl sites for hydroxylation is 1. The largest absolute Gasteiger partial charge is 0.378 e. The Kier molecular flexibility index (Phi) is 4.38. The van der Waals surface area contributed by atoms with Gasteiger partial charge in [-0.25, -0.2) is 0 Å². The maximum absolute atomic E-state index is 5.65. The predicted molar refractivity (Wildman–Crippen MR) is 69.0 cm³/mol. The van der Waals surface area contributed by atoms with Gasteiger partial charge in [-0.1, -0.05) is 6.07 Å². The lowest BCUT2D eigenvalue weighted by Crippen LogP contribution is -2.37. The fraction of sp³-hybridized carbons (Fsp3) is 0.692. The van der Waals surface area contributed by atoms with Crippen LogP contribution in [0.15, 0.2) is 17.5 Å². The topological polar surface area (TPSA) is 21.3 Å². The molecule has 0 aromatic carbocycles. The zero-order chi connectivity index (χ0) is 11.4. The first-order chi connectivity index (χ1) is 7.81. The summed E-state index contributed by atoms with van der Waals surface area (Å²) in [6.07, 6.45) is 4.03. The summed E-state index contributed by atoms with van der Waals surface area (Å²) in [5, 5.41) is 5.62. The molecule has 1 N–H and O–H groups in total. The minimum atomic E-state index is 0.417. The van der Waals surface area contributed by atoms with Crippen molar-refractivity contribution < 1.29 is 4.74 Å². The second kappa shape index (κ2) is 5.80. The number of ether oxygens (including phenoxy) is 1. The highest BCUT2D eigenvalue weighted by atomic mass is 32.1. The molecule has 2 nitrogen and oxygen atoms in total. The molecule has 16 heavy (non-hydrogen) atoms. The molecule has 1 aromatic rings. The minimum absolute atomic E-state index is 0.417. The van der Waals surface area contributed by atoms with Crippen molar-refractivity contribution in [3.8, 4) is 0 Å². The van der Waals surface area contributed by atoms with Gasteiger partial charge in [0, 0.05) is 23.4 Å². The predicted octanol–water partition coefficient (Wildman–Crippen LogP) is 2.69. The van der Waals surface area contributed by atoms with Gasteiger partial charge in [-0.3, -0.25) is 0 Å². The summed E-state index contributed by atoms with van der Waals surface area (Å²) in [6.45, 7) is 3.14. The third-order valence-electron chi connectivity index (χ3n) is 3.60. The van der Waals surface area contributed by atoms with Crippen LogP contribution in [-0.4, -0.2) is 25.8 Å². The number of rotatable bonds is 5. The van der Waals surface area contributed by atoms with Crippen LogP contribution in [0.2, 0.25) is 0 Å². The van der Waals surface area contributed by atoms with E-state index in [-0.39, 0.29) is 0 Å². The average Bonchev–Trinajstić information content (AvgIpc) is 2.92. The van der Waals surface area contributed by atoms with Crippen LogP contribution in [0, 0.1) is 5.92 Å². The SMILES string of the molecule is CNC(CCc1cccs1)C1CCOC1C. The van der Waals surface area contributed by atoms with E-state index in [0.717, 1.165) is 6.61 Å². The zero-order valence-electron chi connectivity index (χ0n) is 10.1. The molecule has 1 aliphatic rings. The Labute approximate surface area is 102 Å². The molecule has 0 amide bonds. The van der Waals surface area contributed by atoms with E-state index in [4.69, 9.17) is 4.74 Å². The van der Waals surface area contributed by atoms with Gasteiger partial charge in [0.1, 0.15) is 0 Å². The summed E-state index contributed by atoms with van der Waals surface area (Å²) in [7, 11) is 2.07. The summed E-state index contributed by atoms with van der Waals surface area (Å²) in [5.41, 5.74) is 0. The number of thiophene rings is 1. The molecule has 1 aliphatic heterocycles. The van der Waals surface area contributed by atoms with Crippen LogP contribution in [0.5, 0.6) is 0 Å². The van der Waals surface area contributed by atoms with Crippen LogP contribution in [0.3, 0.4) is 0 Å². The second-order valence-corrected chi connectivity index (χ2v) is 5.57. The Morgan fingerprint density at radius 3 is 3.06 bits per heavy atom. The van der Waals surface area contributed by atoms with Crippen molar-refractivity contribution >= 4 is 11.3 Å². The van der Waals surface area contributed by atoms with Crippen molar-refractivity contribution in [2.75, 3.05) is 13.7 Å². The lowest BCUT2D eigenvalue weighted by Gasteiger charge is -2.25. The molecule has 3 unspecified atom stereocenters. The zero-order valence-corrected chi connectivity index (χ0v) is 10.9. The summed E-state index contributed by atoms with van der Waals surface area (Å²) >= 11 is 1.86. The Bertz CT molecular complexity index is 299. The van der Waals surface area contributed by atoms with Gasteiger partial charge in [0.2, 0.25) is 0 Å². The van der Waals surface area contributed by atoms with Gasteiger partial charge in [-0.2, -0.15) is 0 Å². The van der Waals surface area contributed by atoms with Gasteiger partial charge < -0.3 is 10.1 Å². The molecule has 90 valence electrons. The van der Waals surface area contributed by atoms with Crippen LogP contribution in [0.25, 0.3) is 0 Å². The second-order valence-electron chi connectivity index (χ2n) is 4.54. The lowest BCUT2D eigenvalue weighted by atomic mass is 9.90. The first kappa shape index (κ1) is 12.1. The van der Waals surface area contributed by atoms with Crippen molar-refractivity contribution in [2.24, 2.45) is 5.92 Å². The highest BCUT2D eigenvalue weighted by molar-refractivity contribution is 7.09. The monoisotopic (exact) mass is 239 g/mol. The summed E-state index contributed by atoms with van der Waals surface area (Å²) in [4.78, 5) is 1.49. The molecule has 2 rings (SSSR count). The smallest absolute Gasteiger partial charge is 0.0590 e. The molecule has 0 spiro atoms. The van der Waals surface area contributed by atoms with E-state index >= 15 is 0 Å². The van der Waals surface area contributed by atoms with Crippen LogP contribution in [-0.2, 0) is 11.2 Å². The van der Waals surface area contributed by atoms with E-state index in [1.807, 2.05) is 11.3 Å². The maximum atomic E-state index is 5.65. The fourth-order valence-corrected chi connectivity index (χ4v) is 3.33. The van der Waals surface area contributed by atoms with E-state index in [2.05, 4.69) is 36.8 Å². The van der Waals surface area contributed by atoms with Crippen LogP contribution < -0.4 is 5.32 Å². The van der Waals surface area contributed by atoms with E-state index in [1.165, 1.54) is 24.1 Å². The first-order valence-electron chi connectivity index (χ1n) is 6.12. The number of hydrogen-bond donors (Lipinski definition) is 1. The third kappa shape index (κ3) is 2.84. The molecule has 2 heterocycles. The van der Waals surface area contributed by atoms with E-state index in [0.29, 0.717) is 18.1 Å². The molecule has 1 saturated heterocycles. The van der Waals surface area contributed by atoms with Crippen LogP contribution in [0.1, 0.15) is 24.6 Å². The van der Waals surface area contributed by atoms with Gasteiger partial charge in [0.25, 0.3) is 0 Å². The third-order valence-corrected chi connectivity index (χ3v) is 4.54. The number of hydrogen-bond acceptors (Lipinski definition) is 3. The molecular weight excluding hydrogens is 218 g/mol.